The van der Waals surface area contributed by atoms with E-state index in [4.69, 9.17) is 5.73 Å². The summed E-state index contributed by atoms with van der Waals surface area (Å²) in [5.41, 5.74) is 6.65. The van der Waals surface area contributed by atoms with E-state index in [0.717, 1.165) is 5.56 Å². The number of nitrogen functional groups attached to an aromatic ring is 1. The van der Waals surface area contributed by atoms with Crippen molar-refractivity contribution in [3.63, 3.8) is 0 Å². The molecular formula is C17H17FN6O. The molecule has 3 N–H and O–H groups in total. The van der Waals surface area contributed by atoms with Gasteiger partial charge in [-0.25, -0.2) is 9.07 Å². The van der Waals surface area contributed by atoms with Crippen molar-refractivity contribution in [2.45, 2.75) is 18.6 Å². The lowest BCUT2D eigenvalue weighted by Crippen LogP contribution is -2.26. The summed E-state index contributed by atoms with van der Waals surface area (Å²) in [5.74, 6) is 0.913. The molecule has 3 heterocycles. The lowest BCUT2D eigenvalue weighted by atomic mass is 10.0. The standard InChI is InChI=1S/C17H17FN6O/c18-12-4-1-3-11(7-12)14-8-13(25)10-23(14)15-9-16(22-17(19)21-15)24-6-2-5-20-24/h1-7,9,13-14,25H,8,10H2,(H2,19,21,22)/t13-,14+/m0/s1. The molecule has 2 atom stereocenters. The van der Waals surface area contributed by atoms with Crippen LogP contribution in [0.2, 0.25) is 0 Å². The number of benzene rings is 1. The summed E-state index contributed by atoms with van der Waals surface area (Å²) in [5, 5.41) is 14.3. The Balaban J connectivity index is 1.74. The fourth-order valence-electron chi connectivity index (χ4n) is 3.21. The van der Waals surface area contributed by atoms with Gasteiger partial charge in [0, 0.05) is 25.0 Å². The SMILES string of the molecule is Nc1nc(N2C[C@@H](O)C[C@@H]2c2cccc(F)c2)cc(-n2cccn2)n1. The van der Waals surface area contributed by atoms with Gasteiger partial charge in [0.15, 0.2) is 5.82 Å². The molecule has 0 aliphatic carbocycles. The summed E-state index contributed by atoms with van der Waals surface area (Å²) in [6, 6.07) is 9.74. The third-order valence-electron chi connectivity index (χ3n) is 4.26. The maximum absolute atomic E-state index is 13.6. The van der Waals surface area contributed by atoms with Gasteiger partial charge in [0.05, 0.1) is 12.1 Å². The van der Waals surface area contributed by atoms with Gasteiger partial charge in [-0.2, -0.15) is 15.1 Å². The summed E-state index contributed by atoms with van der Waals surface area (Å²) in [4.78, 5) is 10.4. The molecule has 128 valence electrons. The number of anilines is 2. The second-order valence-corrected chi connectivity index (χ2v) is 6.01. The molecular weight excluding hydrogens is 323 g/mol. The Kier molecular flexibility index (Phi) is 3.81. The highest BCUT2D eigenvalue weighted by molar-refractivity contribution is 5.51. The molecule has 1 aliphatic rings. The maximum atomic E-state index is 13.6. The van der Waals surface area contributed by atoms with Crippen LogP contribution >= 0.6 is 0 Å². The number of hydrogen-bond donors (Lipinski definition) is 2. The van der Waals surface area contributed by atoms with Crippen LogP contribution in [-0.4, -0.2) is 37.5 Å². The van der Waals surface area contributed by atoms with Gasteiger partial charge >= 0.3 is 0 Å². The highest BCUT2D eigenvalue weighted by Crippen LogP contribution is 2.36. The Morgan fingerprint density at radius 2 is 2.00 bits per heavy atom. The van der Waals surface area contributed by atoms with Crippen molar-refractivity contribution in [2.75, 3.05) is 17.2 Å². The molecule has 7 nitrogen and oxygen atoms in total. The Labute approximate surface area is 143 Å². The van der Waals surface area contributed by atoms with E-state index in [1.54, 1.807) is 35.3 Å². The number of aliphatic hydroxyl groups is 1. The number of nitrogens with two attached hydrogens (primary N) is 1. The predicted octanol–water partition coefficient (Wildman–Crippen LogP) is 1.70. The highest BCUT2D eigenvalue weighted by Gasteiger charge is 2.33. The third-order valence-corrected chi connectivity index (χ3v) is 4.26. The minimum absolute atomic E-state index is 0.113. The van der Waals surface area contributed by atoms with Crippen LogP contribution in [0.15, 0.2) is 48.8 Å². The summed E-state index contributed by atoms with van der Waals surface area (Å²) in [7, 11) is 0. The molecule has 8 heteroatoms. The molecule has 4 rings (SSSR count). The largest absolute Gasteiger partial charge is 0.391 e. The first-order valence-corrected chi connectivity index (χ1v) is 7.95. The topological polar surface area (TPSA) is 93.1 Å². The van der Waals surface area contributed by atoms with E-state index in [1.807, 2.05) is 11.0 Å². The average Bonchev–Trinajstić information content (AvgIpc) is 3.24. The third kappa shape index (κ3) is 3.03. The van der Waals surface area contributed by atoms with Gasteiger partial charge in [-0.05, 0) is 30.2 Å². The molecule has 2 aromatic heterocycles. The summed E-state index contributed by atoms with van der Waals surface area (Å²) in [6.07, 6.45) is 3.36. The zero-order chi connectivity index (χ0) is 17.4. The zero-order valence-electron chi connectivity index (χ0n) is 13.3. The van der Waals surface area contributed by atoms with E-state index in [1.165, 1.54) is 12.1 Å². The van der Waals surface area contributed by atoms with Gasteiger partial charge < -0.3 is 15.7 Å². The van der Waals surface area contributed by atoms with Crippen molar-refractivity contribution in [1.82, 2.24) is 19.7 Å². The second-order valence-electron chi connectivity index (χ2n) is 6.01. The van der Waals surface area contributed by atoms with Gasteiger partial charge in [-0.1, -0.05) is 12.1 Å². The monoisotopic (exact) mass is 340 g/mol. The summed E-state index contributed by atoms with van der Waals surface area (Å²) < 4.78 is 15.2. The zero-order valence-corrected chi connectivity index (χ0v) is 13.3. The number of nitrogens with zero attached hydrogens (tertiary/aromatic N) is 5. The van der Waals surface area contributed by atoms with Gasteiger partial charge in [0.2, 0.25) is 5.95 Å². The van der Waals surface area contributed by atoms with E-state index in [-0.39, 0.29) is 17.8 Å². The fourth-order valence-corrected chi connectivity index (χ4v) is 3.21. The van der Waals surface area contributed by atoms with Crippen molar-refractivity contribution in [1.29, 1.82) is 0 Å². The van der Waals surface area contributed by atoms with E-state index < -0.39 is 6.10 Å². The summed E-state index contributed by atoms with van der Waals surface area (Å²) in [6.45, 7) is 0.385. The lowest BCUT2D eigenvalue weighted by molar-refractivity contribution is 0.194. The van der Waals surface area contributed by atoms with Crippen molar-refractivity contribution >= 4 is 11.8 Å². The van der Waals surface area contributed by atoms with Crippen LogP contribution in [-0.2, 0) is 0 Å². The highest BCUT2D eigenvalue weighted by atomic mass is 19.1. The van der Waals surface area contributed by atoms with Crippen molar-refractivity contribution in [2.24, 2.45) is 0 Å². The van der Waals surface area contributed by atoms with Crippen LogP contribution in [0.25, 0.3) is 5.82 Å². The smallest absolute Gasteiger partial charge is 0.224 e. The average molecular weight is 340 g/mol. The number of β-amino-alcohol motifs (C(OH)–C–C–N with tert-alkyl or cyclic N) is 1. The second kappa shape index (κ2) is 6.14. The first-order valence-electron chi connectivity index (χ1n) is 7.95. The van der Waals surface area contributed by atoms with E-state index >= 15 is 0 Å². The molecule has 1 aliphatic heterocycles. The Morgan fingerprint density at radius 3 is 2.76 bits per heavy atom. The van der Waals surface area contributed by atoms with Crippen LogP contribution in [0, 0.1) is 5.82 Å². The quantitative estimate of drug-likeness (QED) is 0.754. The normalized spacial score (nSPS) is 20.2. The van der Waals surface area contributed by atoms with Crippen molar-refractivity contribution < 1.29 is 9.50 Å². The van der Waals surface area contributed by atoms with Gasteiger partial charge in [-0.3, -0.25) is 0 Å². The van der Waals surface area contributed by atoms with Gasteiger partial charge in [0.25, 0.3) is 0 Å². The molecule has 3 aromatic rings. The van der Waals surface area contributed by atoms with Gasteiger partial charge in [0.1, 0.15) is 11.6 Å². The van der Waals surface area contributed by atoms with E-state index in [9.17, 15) is 9.50 Å². The number of aromatic nitrogens is 4. The molecule has 0 unspecified atom stereocenters. The summed E-state index contributed by atoms with van der Waals surface area (Å²) >= 11 is 0. The maximum Gasteiger partial charge on any atom is 0.224 e. The van der Waals surface area contributed by atoms with E-state index in [2.05, 4.69) is 15.1 Å². The van der Waals surface area contributed by atoms with Crippen LogP contribution in [0.1, 0.15) is 18.0 Å². The van der Waals surface area contributed by atoms with Crippen molar-refractivity contribution in [3.8, 4) is 5.82 Å². The van der Waals surface area contributed by atoms with E-state index in [0.29, 0.717) is 24.6 Å². The van der Waals surface area contributed by atoms with Crippen LogP contribution in [0.4, 0.5) is 16.2 Å². The number of hydrogen-bond acceptors (Lipinski definition) is 6. The lowest BCUT2D eigenvalue weighted by Gasteiger charge is -2.26. The molecule has 1 saturated heterocycles. The van der Waals surface area contributed by atoms with Crippen LogP contribution < -0.4 is 10.6 Å². The van der Waals surface area contributed by atoms with Crippen molar-refractivity contribution in [3.05, 3.63) is 60.2 Å². The fraction of sp³-hybridized carbons (Fsp3) is 0.235. The molecule has 0 spiro atoms. The Morgan fingerprint density at radius 1 is 1.16 bits per heavy atom. The van der Waals surface area contributed by atoms with Gasteiger partial charge in [-0.15, -0.1) is 0 Å². The number of aliphatic hydroxyl groups excluding tert-OH is 1. The molecule has 0 saturated carbocycles. The van der Waals surface area contributed by atoms with Crippen LogP contribution in [0.3, 0.4) is 0 Å². The molecule has 0 bridgehead atoms. The molecule has 25 heavy (non-hydrogen) atoms. The molecule has 0 radical (unpaired) electrons. The minimum Gasteiger partial charge on any atom is -0.391 e. The molecule has 0 amide bonds. The van der Waals surface area contributed by atoms with Crippen LogP contribution in [0.5, 0.6) is 0 Å². The number of halogens is 1. The Bertz CT molecular complexity index is 885. The minimum atomic E-state index is -0.530. The first-order chi connectivity index (χ1) is 12.1. The number of rotatable bonds is 3. The predicted molar refractivity (Wildman–Crippen MR) is 90.7 cm³/mol. The molecule has 1 fully saturated rings. The molecule has 1 aromatic carbocycles. The Hall–Kier alpha value is -3.00. The first kappa shape index (κ1) is 15.5.